The van der Waals surface area contributed by atoms with Crippen LogP contribution in [0.5, 0.6) is 0 Å². The normalized spacial score (nSPS) is 20.2. The molecule has 0 unspecified atom stereocenters. The smallest absolute Gasteiger partial charge is 0.308 e. The van der Waals surface area contributed by atoms with Crippen LogP contribution in [0.2, 0.25) is 0 Å². The standard InChI is InChI=1S/C12H13NO3/c1-8-2-4-10(5-3-8)13-7-9(12(15)16)6-11(13)14/h2-5,9H,6-7H2,1H3,(H,15,16)/t9-/m1/s1. The average Bonchev–Trinajstić information content (AvgIpc) is 2.62. The van der Waals surface area contributed by atoms with Crippen LogP contribution in [0.3, 0.4) is 0 Å². The predicted molar refractivity (Wildman–Crippen MR) is 59.3 cm³/mol. The molecule has 84 valence electrons. The third kappa shape index (κ3) is 1.91. The summed E-state index contributed by atoms with van der Waals surface area (Å²) in [5.74, 6) is -1.59. The maximum Gasteiger partial charge on any atom is 0.308 e. The molecule has 0 spiro atoms. The number of aryl methyl sites for hydroxylation is 1. The van der Waals surface area contributed by atoms with Gasteiger partial charge in [-0.1, -0.05) is 17.7 Å². The third-order valence-electron chi connectivity index (χ3n) is 2.82. The molecule has 1 aromatic carbocycles. The number of rotatable bonds is 2. The van der Waals surface area contributed by atoms with E-state index < -0.39 is 11.9 Å². The molecule has 1 aliphatic heterocycles. The van der Waals surface area contributed by atoms with E-state index in [0.29, 0.717) is 0 Å². The molecule has 0 bridgehead atoms. The van der Waals surface area contributed by atoms with Gasteiger partial charge in [0.05, 0.1) is 5.92 Å². The van der Waals surface area contributed by atoms with Crippen molar-refractivity contribution < 1.29 is 14.7 Å². The number of carbonyl (C=O) groups excluding carboxylic acids is 1. The summed E-state index contributed by atoms with van der Waals surface area (Å²) < 4.78 is 0. The SMILES string of the molecule is Cc1ccc(N2C[C@H](C(=O)O)CC2=O)cc1. The molecule has 1 aromatic rings. The minimum absolute atomic E-state index is 0.100. The first kappa shape index (κ1) is 10.7. The Morgan fingerprint density at radius 3 is 2.50 bits per heavy atom. The Morgan fingerprint density at radius 2 is 2.00 bits per heavy atom. The van der Waals surface area contributed by atoms with E-state index in [4.69, 9.17) is 5.11 Å². The van der Waals surface area contributed by atoms with Crippen LogP contribution in [0.25, 0.3) is 0 Å². The van der Waals surface area contributed by atoms with Gasteiger partial charge in [0.2, 0.25) is 5.91 Å². The van der Waals surface area contributed by atoms with Gasteiger partial charge in [0, 0.05) is 18.7 Å². The monoisotopic (exact) mass is 219 g/mol. The second-order valence-electron chi connectivity index (χ2n) is 4.08. The molecular formula is C12H13NO3. The molecule has 4 nitrogen and oxygen atoms in total. The number of carboxylic acid groups (broad SMARTS) is 1. The number of amides is 1. The van der Waals surface area contributed by atoms with E-state index in [1.165, 1.54) is 4.90 Å². The minimum Gasteiger partial charge on any atom is -0.481 e. The first-order valence-electron chi connectivity index (χ1n) is 5.18. The van der Waals surface area contributed by atoms with Crippen LogP contribution in [0, 0.1) is 12.8 Å². The summed E-state index contributed by atoms with van der Waals surface area (Å²) in [5.41, 5.74) is 1.89. The van der Waals surface area contributed by atoms with Crippen molar-refractivity contribution in [3.63, 3.8) is 0 Å². The number of anilines is 1. The molecule has 1 heterocycles. The number of aliphatic carboxylic acids is 1. The van der Waals surface area contributed by atoms with Gasteiger partial charge in [-0.15, -0.1) is 0 Å². The summed E-state index contributed by atoms with van der Waals surface area (Å²) in [6.45, 7) is 2.24. The van der Waals surface area contributed by atoms with Gasteiger partial charge in [0.1, 0.15) is 0 Å². The maximum absolute atomic E-state index is 11.6. The average molecular weight is 219 g/mol. The molecule has 1 fully saturated rings. The zero-order valence-corrected chi connectivity index (χ0v) is 9.01. The summed E-state index contributed by atoms with van der Waals surface area (Å²) in [5, 5.41) is 8.86. The van der Waals surface area contributed by atoms with Gasteiger partial charge in [-0.25, -0.2) is 0 Å². The first-order chi connectivity index (χ1) is 7.58. The lowest BCUT2D eigenvalue weighted by Gasteiger charge is -2.16. The molecule has 2 rings (SSSR count). The van der Waals surface area contributed by atoms with E-state index >= 15 is 0 Å². The quantitative estimate of drug-likeness (QED) is 0.818. The number of hydrogen-bond donors (Lipinski definition) is 1. The summed E-state index contributed by atoms with van der Waals surface area (Å²) in [4.78, 5) is 24.0. The largest absolute Gasteiger partial charge is 0.481 e. The highest BCUT2D eigenvalue weighted by Gasteiger charge is 2.34. The molecule has 1 atom stereocenters. The number of nitrogens with zero attached hydrogens (tertiary/aromatic N) is 1. The van der Waals surface area contributed by atoms with E-state index in [1.807, 2.05) is 31.2 Å². The van der Waals surface area contributed by atoms with Gasteiger partial charge in [0.25, 0.3) is 0 Å². The summed E-state index contributed by atoms with van der Waals surface area (Å²) in [6.07, 6.45) is 0.100. The maximum atomic E-state index is 11.6. The van der Waals surface area contributed by atoms with E-state index in [-0.39, 0.29) is 18.9 Å². The molecular weight excluding hydrogens is 206 g/mol. The van der Waals surface area contributed by atoms with Crippen LogP contribution in [0.4, 0.5) is 5.69 Å². The second-order valence-corrected chi connectivity index (χ2v) is 4.08. The van der Waals surface area contributed by atoms with E-state index in [2.05, 4.69) is 0 Å². The molecule has 1 aliphatic rings. The van der Waals surface area contributed by atoms with Gasteiger partial charge in [-0.3, -0.25) is 9.59 Å². The number of hydrogen-bond acceptors (Lipinski definition) is 2. The van der Waals surface area contributed by atoms with Gasteiger partial charge in [0.15, 0.2) is 0 Å². The Balaban J connectivity index is 2.20. The molecule has 16 heavy (non-hydrogen) atoms. The van der Waals surface area contributed by atoms with Gasteiger partial charge < -0.3 is 10.0 Å². The fraction of sp³-hybridized carbons (Fsp3) is 0.333. The van der Waals surface area contributed by atoms with Crippen molar-refractivity contribution >= 4 is 17.6 Å². The van der Waals surface area contributed by atoms with Crippen LogP contribution in [-0.2, 0) is 9.59 Å². The Hall–Kier alpha value is -1.84. The van der Waals surface area contributed by atoms with Crippen molar-refractivity contribution in [2.24, 2.45) is 5.92 Å². The van der Waals surface area contributed by atoms with Crippen LogP contribution in [0.1, 0.15) is 12.0 Å². The van der Waals surface area contributed by atoms with Gasteiger partial charge >= 0.3 is 5.97 Å². The Kier molecular flexibility index (Phi) is 2.64. The molecule has 4 heteroatoms. The fourth-order valence-electron chi connectivity index (χ4n) is 1.85. The Morgan fingerprint density at radius 1 is 1.38 bits per heavy atom. The van der Waals surface area contributed by atoms with Crippen molar-refractivity contribution in [3.05, 3.63) is 29.8 Å². The predicted octanol–water partition coefficient (Wildman–Crippen LogP) is 1.43. The lowest BCUT2D eigenvalue weighted by Crippen LogP contribution is -2.25. The topological polar surface area (TPSA) is 57.6 Å². The highest BCUT2D eigenvalue weighted by atomic mass is 16.4. The zero-order chi connectivity index (χ0) is 11.7. The van der Waals surface area contributed by atoms with Crippen molar-refractivity contribution in [1.29, 1.82) is 0 Å². The van der Waals surface area contributed by atoms with E-state index in [9.17, 15) is 9.59 Å². The van der Waals surface area contributed by atoms with Crippen LogP contribution >= 0.6 is 0 Å². The highest BCUT2D eigenvalue weighted by Crippen LogP contribution is 2.25. The molecule has 0 aromatic heterocycles. The third-order valence-corrected chi connectivity index (χ3v) is 2.82. The second kappa shape index (κ2) is 3.96. The Bertz CT molecular complexity index is 424. The number of carbonyl (C=O) groups is 2. The fourth-order valence-corrected chi connectivity index (χ4v) is 1.85. The van der Waals surface area contributed by atoms with Crippen LogP contribution in [0.15, 0.2) is 24.3 Å². The zero-order valence-electron chi connectivity index (χ0n) is 9.01. The molecule has 1 saturated heterocycles. The molecule has 1 amide bonds. The van der Waals surface area contributed by atoms with Crippen LogP contribution in [-0.4, -0.2) is 23.5 Å². The Labute approximate surface area is 93.5 Å². The number of carboxylic acids is 1. The summed E-state index contributed by atoms with van der Waals surface area (Å²) in [6, 6.07) is 7.52. The van der Waals surface area contributed by atoms with E-state index in [0.717, 1.165) is 11.3 Å². The first-order valence-corrected chi connectivity index (χ1v) is 5.18. The lowest BCUT2D eigenvalue weighted by atomic mass is 10.1. The molecule has 0 radical (unpaired) electrons. The van der Waals surface area contributed by atoms with Crippen molar-refractivity contribution in [3.8, 4) is 0 Å². The molecule has 0 saturated carbocycles. The van der Waals surface area contributed by atoms with Crippen molar-refractivity contribution in [2.75, 3.05) is 11.4 Å². The molecule has 0 aliphatic carbocycles. The van der Waals surface area contributed by atoms with Gasteiger partial charge in [-0.2, -0.15) is 0 Å². The summed E-state index contributed by atoms with van der Waals surface area (Å²) >= 11 is 0. The lowest BCUT2D eigenvalue weighted by molar-refractivity contribution is -0.141. The molecule has 1 N–H and O–H groups in total. The van der Waals surface area contributed by atoms with E-state index in [1.54, 1.807) is 0 Å². The summed E-state index contributed by atoms with van der Waals surface area (Å²) in [7, 11) is 0. The van der Waals surface area contributed by atoms with Gasteiger partial charge in [-0.05, 0) is 19.1 Å². The van der Waals surface area contributed by atoms with Crippen molar-refractivity contribution in [1.82, 2.24) is 0 Å². The highest BCUT2D eigenvalue weighted by molar-refractivity contribution is 5.99. The minimum atomic E-state index is -0.900. The number of benzene rings is 1. The van der Waals surface area contributed by atoms with Crippen LogP contribution < -0.4 is 4.90 Å². The van der Waals surface area contributed by atoms with Crippen molar-refractivity contribution in [2.45, 2.75) is 13.3 Å².